The zero-order chi connectivity index (χ0) is 8.81. The second-order valence-corrected chi connectivity index (χ2v) is 4.95. The van der Waals surface area contributed by atoms with Gasteiger partial charge in [0.25, 0.3) is 0 Å². The van der Waals surface area contributed by atoms with Gasteiger partial charge in [0.05, 0.1) is 0 Å². The Balaban J connectivity index is 0. The first kappa shape index (κ1) is 16.2. The van der Waals surface area contributed by atoms with E-state index in [-0.39, 0.29) is 24.8 Å². The SMILES string of the molecule is CC1=C(C)C(C)(C)[C]([Nb+2])=C1C.[Cl-].[Cl-]. The maximum absolute atomic E-state index is 2.32. The van der Waals surface area contributed by atoms with Crippen molar-refractivity contribution in [1.82, 2.24) is 0 Å². The molecule has 0 heterocycles. The molecule has 0 saturated carbocycles. The Morgan fingerprint density at radius 1 is 0.923 bits per heavy atom. The standard InChI is InChI=1S/C10H15.2ClH.Nb/c1-7-6-10(4,5)9(3)8(7)2;;;/h1-5H3;2*1H;/q;;;+2/p-2. The van der Waals surface area contributed by atoms with E-state index in [4.69, 9.17) is 0 Å². The first-order valence-electron chi connectivity index (χ1n) is 3.97. The van der Waals surface area contributed by atoms with E-state index in [0.717, 1.165) is 0 Å². The molecule has 74 valence electrons. The molecule has 0 atom stereocenters. The minimum absolute atomic E-state index is 0. The molecule has 0 nitrogen and oxygen atoms in total. The van der Waals surface area contributed by atoms with Gasteiger partial charge in [-0.2, -0.15) is 0 Å². The topological polar surface area (TPSA) is 0 Å². The number of hydrogen-bond acceptors (Lipinski definition) is 0. The molecular formula is C10H15Cl2Nb. The zero-order valence-corrected chi connectivity index (χ0v) is 12.4. The predicted molar refractivity (Wildman–Crippen MR) is 44.9 cm³/mol. The van der Waals surface area contributed by atoms with E-state index < -0.39 is 0 Å². The summed E-state index contributed by atoms with van der Waals surface area (Å²) in [5.41, 5.74) is 4.90. The normalized spacial score (nSPS) is 19.7. The van der Waals surface area contributed by atoms with Crippen LogP contribution in [0.5, 0.6) is 0 Å². The summed E-state index contributed by atoms with van der Waals surface area (Å²) in [4.78, 5) is 0. The summed E-state index contributed by atoms with van der Waals surface area (Å²) >= 11 is 1.87. The van der Waals surface area contributed by atoms with E-state index in [2.05, 4.69) is 34.6 Å². The van der Waals surface area contributed by atoms with E-state index in [9.17, 15) is 0 Å². The molecule has 1 aliphatic carbocycles. The van der Waals surface area contributed by atoms with Crippen LogP contribution in [0.15, 0.2) is 20.5 Å². The fourth-order valence-electron chi connectivity index (χ4n) is 1.57. The number of hydrogen-bond donors (Lipinski definition) is 0. The minimum Gasteiger partial charge on any atom is -1.00 e. The van der Waals surface area contributed by atoms with Crippen molar-refractivity contribution >= 4 is 0 Å². The Morgan fingerprint density at radius 3 is 1.38 bits per heavy atom. The monoisotopic (exact) mass is 298 g/mol. The largest absolute Gasteiger partial charge is 1.00 e. The molecule has 0 aliphatic heterocycles. The van der Waals surface area contributed by atoms with Gasteiger partial charge in [0.15, 0.2) is 0 Å². The molecule has 0 spiro atoms. The van der Waals surface area contributed by atoms with Crippen molar-refractivity contribution in [3.05, 3.63) is 20.5 Å². The van der Waals surface area contributed by atoms with Gasteiger partial charge in [-0.3, -0.25) is 0 Å². The molecule has 0 saturated heterocycles. The number of allylic oxidation sites excluding steroid dienone is 4. The molecule has 0 aromatic carbocycles. The van der Waals surface area contributed by atoms with Gasteiger partial charge in [-0.25, -0.2) is 0 Å². The Hall–Kier alpha value is 0.800. The van der Waals surface area contributed by atoms with Crippen LogP contribution < -0.4 is 24.8 Å². The Kier molecular flexibility index (Phi) is 6.30. The molecule has 0 radical (unpaired) electrons. The van der Waals surface area contributed by atoms with Gasteiger partial charge in [0.1, 0.15) is 0 Å². The van der Waals surface area contributed by atoms with Crippen LogP contribution in [0.25, 0.3) is 0 Å². The van der Waals surface area contributed by atoms with E-state index in [1.54, 1.807) is 9.36 Å². The summed E-state index contributed by atoms with van der Waals surface area (Å²) in [7, 11) is 0. The fraction of sp³-hybridized carbons (Fsp3) is 0.600. The van der Waals surface area contributed by atoms with Crippen molar-refractivity contribution < 1.29 is 45.9 Å². The van der Waals surface area contributed by atoms with E-state index >= 15 is 0 Å². The van der Waals surface area contributed by atoms with Crippen LogP contribution >= 0.6 is 0 Å². The van der Waals surface area contributed by atoms with E-state index in [0.29, 0.717) is 5.41 Å². The summed E-state index contributed by atoms with van der Waals surface area (Å²) in [5.74, 6) is 0. The second kappa shape index (κ2) is 5.04. The van der Waals surface area contributed by atoms with Gasteiger partial charge < -0.3 is 24.8 Å². The first-order chi connectivity index (χ1) is 4.89. The molecule has 3 heteroatoms. The van der Waals surface area contributed by atoms with Crippen LogP contribution in [-0.4, -0.2) is 0 Å². The van der Waals surface area contributed by atoms with E-state index in [1.165, 1.54) is 11.1 Å². The van der Waals surface area contributed by atoms with Crippen LogP contribution in [0, 0.1) is 5.41 Å². The Bertz CT molecular complexity index is 236. The van der Waals surface area contributed by atoms with Gasteiger partial charge >= 0.3 is 81.6 Å². The van der Waals surface area contributed by atoms with Crippen LogP contribution in [0.2, 0.25) is 0 Å². The van der Waals surface area contributed by atoms with Crippen molar-refractivity contribution in [3.8, 4) is 0 Å². The van der Waals surface area contributed by atoms with Crippen LogP contribution in [0.3, 0.4) is 0 Å². The molecule has 1 rings (SSSR count). The van der Waals surface area contributed by atoms with Crippen molar-refractivity contribution in [2.75, 3.05) is 0 Å². The zero-order valence-electron chi connectivity index (χ0n) is 8.70. The molecule has 13 heavy (non-hydrogen) atoms. The van der Waals surface area contributed by atoms with Gasteiger partial charge in [-0.05, 0) is 0 Å². The predicted octanol–water partition coefficient (Wildman–Crippen LogP) is -2.81. The maximum Gasteiger partial charge on any atom is -1.00 e. The molecule has 0 fully saturated rings. The summed E-state index contributed by atoms with van der Waals surface area (Å²) in [6, 6.07) is 0. The van der Waals surface area contributed by atoms with Gasteiger partial charge in [-0.1, -0.05) is 0 Å². The summed E-state index contributed by atoms with van der Waals surface area (Å²) in [6.07, 6.45) is 0. The molecule has 0 N–H and O–H groups in total. The molecule has 0 bridgehead atoms. The Labute approximate surface area is 106 Å². The van der Waals surface area contributed by atoms with Crippen LogP contribution in [0.4, 0.5) is 0 Å². The molecule has 0 aromatic rings. The van der Waals surface area contributed by atoms with Crippen molar-refractivity contribution in [2.45, 2.75) is 34.6 Å². The van der Waals surface area contributed by atoms with Gasteiger partial charge in [0.2, 0.25) is 0 Å². The quantitative estimate of drug-likeness (QED) is 0.424. The maximum atomic E-state index is 2.32. The Morgan fingerprint density at radius 2 is 1.31 bits per heavy atom. The van der Waals surface area contributed by atoms with Crippen LogP contribution in [0.1, 0.15) is 34.6 Å². The van der Waals surface area contributed by atoms with E-state index in [1.807, 2.05) is 21.1 Å². The summed E-state index contributed by atoms with van der Waals surface area (Å²) in [6.45, 7) is 11.4. The molecule has 1 aliphatic rings. The van der Waals surface area contributed by atoms with Crippen LogP contribution in [-0.2, 0) is 21.1 Å². The fourth-order valence-corrected chi connectivity index (χ4v) is 2.40. The molecule has 0 amide bonds. The molecular weight excluding hydrogens is 284 g/mol. The third-order valence-electron chi connectivity index (χ3n) is 3.01. The van der Waals surface area contributed by atoms with Gasteiger partial charge in [0, 0.05) is 0 Å². The van der Waals surface area contributed by atoms with Crippen molar-refractivity contribution in [2.24, 2.45) is 5.41 Å². The summed E-state index contributed by atoms with van der Waals surface area (Å²) < 4.78 is 1.58. The average Bonchev–Trinajstić information content (AvgIpc) is 2.06. The molecule has 0 unspecified atom stereocenters. The number of halogens is 2. The molecule has 0 aromatic heterocycles. The minimum atomic E-state index is 0. The van der Waals surface area contributed by atoms with Crippen molar-refractivity contribution in [3.63, 3.8) is 0 Å². The number of rotatable bonds is 0. The summed E-state index contributed by atoms with van der Waals surface area (Å²) in [5, 5.41) is 0. The third-order valence-corrected chi connectivity index (χ3v) is 5.21. The first-order valence-corrected chi connectivity index (χ1v) is 5.07. The van der Waals surface area contributed by atoms with Gasteiger partial charge in [-0.15, -0.1) is 0 Å². The smallest absolute Gasteiger partial charge is 1.00 e. The second-order valence-electron chi connectivity index (χ2n) is 3.85. The average molecular weight is 299 g/mol. The van der Waals surface area contributed by atoms with Crippen molar-refractivity contribution in [1.29, 1.82) is 0 Å². The third kappa shape index (κ3) is 2.43.